The zero-order valence-electron chi connectivity index (χ0n) is 9.32. The molecular formula is C9H20N2O3S. The molecule has 0 saturated carbocycles. The van der Waals surface area contributed by atoms with Crippen LogP contribution in [-0.4, -0.2) is 39.0 Å². The molecule has 3 N–H and O–H groups in total. The second-order valence-electron chi connectivity index (χ2n) is 4.31. The number of hydrogen-bond donors (Lipinski definition) is 2. The molecule has 0 aromatic rings. The van der Waals surface area contributed by atoms with Crippen molar-refractivity contribution < 1.29 is 13.2 Å². The highest BCUT2D eigenvalue weighted by molar-refractivity contribution is 7.90. The summed E-state index contributed by atoms with van der Waals surface area (Å²) < 4.78 is 31.3. The van der Waals surface area contributed by atoms with Gasteiger partial charge in [0.1, 0.15) is 0 Å². The van der Waals surface area contributed by atoms with Crippen LogP contribution in [-0.2, 0) is 14.8 Å². The number of ether oxygens (including phenoxy) is 1. The maximum Gasteiger partial charge on any atom is 0.215 e. The number of rotatable bonds is 5. The van der Waals surface area contributed by atoms with Crippen LogP contribution in [0.5, 0.6) is 0 Å². The SMILES string of the molecule is CC(CN)S(=O)(=O)NCC1(C)CCCO1. The van der Waals surface area contributed by atoms with Crippen molar-refractivity contribution in [1.82, 2.24) is 4.72 Å². The predicted molar refractivity (Wildman–Crippen MR) is 59.0 cm³/mol. The number of hydrogen-bond acceptors (Lipinski definition) is 4. The molecule has 90 valence electrons. The second-order valence-corrected chi connectivity index (χ2v) is 6.50. The van der Waals surface area contributed by atoms with E-state index in [-0.39, 0.29) is 12.1 Å². The maximum atomic E-state index is 11.6. The molecule has 6 heteroatoms. The van der Waals surface area contributed by atoms with E-state index >= 15 is 0 Å². The highest BCUT2D eigenvalue weighted by atomic mass is 32.2. The Bertz CT molecular complexity index is 296. The van der Waals surface area contributed by atoms with Crippen LogP contribution in [0.2, 0.25) is 0 Å². The van der Waals surface area contributed by atoms with E-state index in [4.69, 9.17) is 10.5 Å². The lowest BCUT2D eigenvalue weighted by Crippen LogP contribution is -2.44. The van der Waals surface area contributed by atoms with Crippen LogP contribution >= 0.6 is 0 Å². The summed E-state index contributed by atoms with van der Waals surface area (Å²) in [7, 11) is -3.29. The van der Waals surface area contributed by atoms with Crippen molar-refractivity contribution in [2.75, 3.05) is 19.7 Å². The van der Waals surface area contributed by atoms with Gasteiger partial charge in [-0.05, 0) is 26.7 Å². The van der Waals surface area contributed by atoms with Gasteiger partial charge in [-0.25, -0.2) is 13.1 Å². The third-order valence-electron chi connectivity index (χ3n) is 2.81. The van der Waals surface area contributed by atoms with Crippen molar-refractivity contribution in [3.63, 3.8) is 0 Å². The largest absolute Gasteiger partial charge is 0.374 e. The highest BCUT2D eigenvalue weighted by Gasteiger charge is 2.32. The highest BCUT2D eigenvalue weighted by Crippen LogP contribution is 2.24. The zero-order valence-corrected chi connectivity index (χ0v) is 10.1. The van der Waals surface area contributed by atoms with Crippen molar-refractivity contribution in [3.8, 4) is 0 Å². The fourth-order valence-electron chi connectivity index (χ4n) is 1.50. The lowest BCUT2D eigenvalue weighted by atomic mass is 10.0. The molecule has 0 spiro atoms. The smallest absolute Gasteiger partial charge is 0.215 e. The Morgan fingerprint density at radius 2 is 2.27 bits per heavy atom. The minimum absolute atomic E-state index is 0.132. The minimum atomic E-state index is -3.29. The molecule has 1 aliphatic heterocycles. The summed E-state index contributed by atoms with van der Waals surface area (Å²) in [6, 6.07) is 0. The molecule has 1 fully saturated rings. The quantitative estimate of drug-likeness (QED) is 0.694. The first-order chi connectivity index (χ1) is 6.90. The average molecular weight is 236 g/mol. The summed E-state index contributed by atoms with van der Waals surface area (Å²) in [5.74, 6) is 0. The molecule has 1 saturated heterocycles. The van der Waals surface area contributed by atoms with Gasteiger partial charge in [0.05, 0.1) is 10.9 Å². The summed E-state index contributed by atoms with van der Waals surface area (Å²) in [5, 5.41) is -0.553. The molecule has 1 aliphatic rings. The van der Waals surface area contributed by atoms with E-state index in [0.29, 0.717) is 13.2 Å². The standard InChI is InChI=1S/C9H20N2O3S/c1-8(6-10)15(12,13)11-7-9(2)4-3-5-14-9/h8,11H,3-7,10H2,1-2H3. The van der Waals surface area contributed by atoms with Gasteiger partial charge < -0.3 is 10.5 Å². The number of sulfonamides is 1. The first-order valence-electron chi connectivity index (χ1n) is 5.22. The fraction of sp³-hybridized carbons (Fsp3) is 1.00. The zero-order chi connectivity index (χ0) is 11.5. The first kappa shape index (κ1) is 12.9. The second kappa shape index (κ2) is 4.78. The molecular weight excluding hydrogens is 216 g/mol. The summed E-state index contributed by atoms with van der Waals surface area (Å²) >= 11 is 0. The van der Waals surface area contributed by atoms with Gasteiger partial charge in [-0.3, -0.25) is 0 Å². The van der Waals surface area contributed by atoms with Crippen molar-refractivity contribution in [3.05, 3.63) is 0 Å². The van der Waals surface area contributed by atoms with Gasteiger partial charge in [0.2, 0.25) is 10.0 Å². The van der Waals surface area contributed by atoms with E-state index in [1.54, 1.807) is 6.92 Å². The Labute approximate surface area is 91.4 Å². The average Bonchev–Trinajstić information content (AvgIpc) is 2.62. The monoisotopic (exact) mass is 236 g/mol. The molecule has 15 heavy (non-hydrogen) atoms. The van der Waals surface area contributed by atoms with E-state index in [0.717, 1.165) is 12.8 Å². The molecule has 0 aliphatic carbocycles. The summed E-state index contributed by atoms with van der Waals surface area (Å²) in [6.45, 7) is 4.70. The van der Waals surface area contributed by atoms with Gasteiger partial charge in [-0.1, -0.05) is 0 Å². The molecule has 1 rings (SSSR count). The first-order valence-corrected chi connectivity index (χ1v) is 6.77. The van der Waals surface area contributed by atoms with Crippen molar-refractivity contribution in [2.24, 2.45) is 5.73 Å². The normalized spacial score (nSPS) is 29.3. The van der Waals surface area contributed by atoms with Gasteiger partial charge in [-0.15, -0.1) is 0 Å². The molecule has 0 radical (unpaired) electrons. The molecule has 5 nitrogen and oxygen atoms in total. The van der Waals surface area contributed by atoms with Crippen LogP contribution in [0, 0.1) is 0 Å². The van der Waals surface area contributed by atoms with Crippen molar-refractivity contribution in [2.45, 2.75) is 37.5 Å². The summed E-state index contributed by atoms with van der Waals surface area (Å²) in [6.07, 6.45) is 1.89. The molecule has 1 heterocycles. The Morgan fingerprint density at radius 3 is 2.73 bits per heavy atom. The van der Waals surface area contributed by atoms with Gasteiger partial charge in [0.15, 0.2) is 0 Å². The summed E-state index contributed by atoms with van der Waals surface area (Å²) in [5.41, 5.74) is 4.98. The lowest BCUT2D eigenvalue weighted by Gasteiger charge is -2.24. The van der Waals surface area contributed by atoms with E-state index in [2.05, 4.69) is 4.72 Å². The number of nitrogens with one attached hydrogen (secondary N) is 1. The lowest BCUT2D eigenvalue weighted by molar-refractivity contribution is 0.0250. The Kier molecular flexibility index (Phi) is 4.11. The van der Waals surface area contributed by atoms with E-state index in [1.165, 1.54) is 0 Å². The topological polar surface area (TPSA) is 81.4 Å². The predicted octanol–water partition coefficient (Wildman–Crippen LogP) is -0.178. The van der Waals surface area contributed by atoms with Gasteiger partial charge >= 0.3 is 0 Å². The van der Waals surface area contributed by atoms with Crippen LogP contribution < -0.4 is 10.5 Å². The number of nitrogens with two attached hydrogens (primary N) is 1. The molecule has 2 atom stereocenters. The Hall–Kier alpha value is -0.170. The molecule has 0 amide bonds. The van der Waals surface area contributed by atoms with Crippen LogP contribution in [0.4, 0.5) is 0 Å². The molecule has 0 aromatic carbocycles. The molecule has 0 aromatic heterocycles. The Morgan fingerprint density at radius 1 is 1.60 bits per heavy atom. The van der Waals surface area contributed by atoms with E-state index < -0.39 is 15.3 Å². The van der Waals surface area contributed by atoms with Crippen LogP contribution in [0.3, 0.4) is 0 Å². The van der Waals surface area contributed by atoms with E-state index in [9.17, 15) is 8.42 Å². The van der Waals surface area contributed by atoms with Crippen molar-refractivity contribution in [1.29, 1.82) is 0 Å². The van der Waals surface area contributed by atoms with Crippen LogP contribution in [0.1, 0.15) is 26.7 Å². The summed E-state index contributed by atoms with van der Waals surface area (Å²) in [4.78, 5) is 0. The third-order valence-corrected chi connectivity index (χ3v) is 4.61. The molecule has 2 unspecified atom stereocenters. The van der Waals surface area contributed by atoms with E-state index in [1.807, 2.05) is 6.92 Å². The minimum Gasteiger partial charge on any atom is -0.374 e. The van der Waals surface area contributed by atoms with Gasteiger partial charge in [-0.2, -0.15) is 0 Å². The van der Waals surface area contributed by atoms with Crippen molar-refractivity contribution >= 4 is 10.0 Å². The maximum absolute atomic E-state index is 11.6. The van der Waals surface area contributed by atoms with Crippen LogP contribution in [0.15, 0.2) is 0 Å². The van der Waals surface area contributed by atoms with Crippen LogP contribution in [0.25, 0.3) is 0 Å². The Balaban J connectivity index is 2.49. The van der Waals surface area contributed by atoms with Gasteiger partial charge in [0, 0.05) is 19.7 Å². The fourth-order valence-corrected chi connectivity index (χ4v) is 2.54. The van der Waals surface area contributed by atoms with Gasteiger partial charge in [0.25, 0.3) is 0 Å². The third kappa shape index (κ3) is 3.41. The molecule has 0 bridgehead atoms.